The summed E-state index contributed by atoms with van der Waals surface area (Å²) >= 11 is 0. The Labute approximate surface area is 113 Å². The highest BCUT2D eigenvalue weighted by Crippen LogP contribution is 2.12. The smallest absolute Gasteiger partial charge is 0.120 e. The van der Waals surface area contributed by atoms with Crippen LogP contribution in [0.15, 0.2) is 24.3 Å². The second-order valence-electron chi connectivity index (χ2n) is 4.55. The molecule has 0 aliphatic rings. The van der Waals surface area contributed by atoms with E-state index in [0.717, 1.165) is 0 Å². The van der Waals surface area contributed by atoms with Crippen molar-refractivity contribution in [1.29, 1.82) is 5.26 Å². The zero-order valence-electron chi connectivity index (χ0n) is 11.0. The fraction of sp³-hybridized carbons (Fsp3) is 0.500. The van der Waals surface area contributed by atoms with Crippen LogP contribution in [-0.4, -0.2) is 42.6 Å². The first-order valence-corrected chi connectivity index (χ1v) is 6.28. The van der Waals surface area contributed by atoms with E-state index >= 15 is 0 Å². The zero-order valence-corrected chi connectivity index (χ0v) is 11.0. The van der Waals surface area contributed by atoms with Crippen molar-refractivity contribution in [3.8, 4) is 11.8 Å². The van der Waals surface area contributed by atoms with E-state index in [4.69, 9.17) is 15.1 Å². The number of benzene rings is 1. The predicted octanol–water partition coefficient (Wildman–Crippen LogP) is 0.516. The Morgan fingerprint density at radius 1 is 1.42 bits per heavy atom. The fourth-order valence-electron chi connectivity index (χ4n) is 1.47. The molecule has 5 heteroatoms. The lowest BCUT2D eigenvalue weighted by Gasteiger charge is -2.15. The Balaban J connectivity index is 2.26. The molecule has 0 saturated heterocycles. The van der Waals surface area contributed by atoms with Gasteiger partial charge in [-0.25, -0.2) is 0 Å². The molecule has 1 aromatic carbocycles. The summed E-state index contributed by atoms with van der Waals surface area (Å²) in [6, 6.07) is 8.84. The molecule has 5 nitrogen and oxygen atoms in total. The van der Waals surface area contributed by atoms with Crippen LogP contribution >= 0.6 is 0 Å². The number of ether oxygens (including phenoxy) is 1. The van der Waals surface area contributed by atoms with E-state index in [2.05, 4.69) is 5.32 Å². The van der Waals surface area contributed by atoms with Crippen LogP contribution in [0.3, 0.4) is 0 Å². The number of rotatable bonds is 8. The van der Waals surface area contributed by atoms with Gasteiger partial charge in [-0.2, -0.15) is 5.26 Å². The second-order valence-corrected chi connectivity index (χ2v) is 4.55. The minimum absolute atomic E-state index is 0.126. The summed E-state index contributed by atoms with van der Waals surface area (Å²) in [5.74, 6) is 0.738. The fourth-order valence-corrected chi connectivity index (χ4v) is 1.47. The molecule has 0 heterocycles. The highest BCUT2D eigenvalue weighted by Gasteiger charge is 2.06. The molecular formula is C14H20N2O3. The number of hydrogen-bond acceptors (Lipinski definition) is 5. The average molecular weight is 264 g/mol. The standard InChI is InChI=1S/C14H20N2O3/c1-11(9-17)7-16-8-13(18)10-19-14-4-2-3-12(5-14)6-15/h2-5,11,13,16-18H,7-10H2,1H3. The Morgan fingerprint density at radius 2 is 2.21 bits per heavy atom. The Kier molecular flexibility index (Phi) is 6.90. The Morgan fingerprint density at radius 3 is 2.89 bits per heavy atom. The number of nitrogens with one attached hydrogen (secondary N) is 1. The van der Waals surface area contributed by atoms with E-state index in [-0.39, 0.29) is 19.1 Å². The van der Waals surface area contributed by atoms with Gasteiger partial charge in [-0.15, -0.1) is 0 Å². The lowest BCUT2D eigenvalue weighted by Crippen LogP contribution is -2.34. The highest BCUT2D eigenvalue weighted by atomic mass is 16.5. The summed E-state index contributed by atoms with van der Waals surface area (Å²) in [5.41, 5.74) is 0.530. The third kappa shape index (κ3) is 6.20. The first-order valence-electron chi connectivity index (χ1n) is 6.28. The van der Waals surface area contributed by atoms with Crippen LogP contribution in [0.1, 0.15) is 12.5 Å². The van der Waals surface area contributed by atoms with E-state index in [1.807, 2.05) is 13.0 Å². The maximum absolute atomic E-state index is 9.71. The SMILES string of the molecule is CC(CO)CNCC(O)COc1cccc(C#N)c1. The third-order valence-corrected chi connectivity index (χ3v) is 2.59. The summed E-state index contributed by atoms with van der Waals surface area (Å²) in [6.07, 6.45) is -0.628. The van der Waals surface area contributed by atoms with Crippen LogP contribution in [-0.2, 0) is 0 Å². The maximum Gasteiger partial charge on any atom is 0.120 e. The normalized spacial score (nSPS) is 13.6. The van der Waals surface area contributed by atoms with Gasteiger partial charge in [0, 0.05) is 13.2 Å². The summed E-state index contributed by atoms with van der Waals surface area (Å²) in [4.78, 5) is 0. The van der Waals surface area contributed by atoms with Gasteiger partial charge in [-0.3, -0.25) is 0 Å². The van der Waals surface area contributed by atoms with Crippen LogP contribution in [0.25, 0.3) is 0 Å². The van der Waals surface area contributed by atoms with Crippen molar-refractivity contribution >= 4 is 0 Å². The molecule has 0 bridgehead atoms. The van der Waals surface area contributed by atoms with Gasteiger partial charge < -0.3 is 20.3 Å². The van der Waals surface area contributed by atoms with Crippen LogP contribution in [0, 0.1) is 17.2 Å². The number of nitriles is 1. The van der Waals surface area contributed by atoms with Crippen LogP contribution < -0.4 is 10.1 Å². The molecule has 2 unspecified atom stereocenters. The number of aliphatic hydroxyl groups excluding tert-OH is 2. The molecule has 19 heavy (non-hydrogen) atoms. The van der Waals surface area contributed by atoms with Crippen molar-refractivity contribution in [2.45, 2.75) is 13.0 Å². The van der Waals surface area contributed by atoms with E-state index in [9.17, 15) is 5.11 Å². The van der Waals surface area contributed by atoms with Crippen molar-refractivity contribution in [2.24, 2.45) is 5.92 Å². The van der Waals surface area contributed by atoms with Gasteiger partial charge >= 0.3 is 0 Å². The molecule has 104 valence electrons. The van der Waals surface area contributed by atoms with Gasteiger partial charge in [0.2, 0.25) is 0 Å². The quantitative estimate of drug-likeness (QED) is 0.637. The molecule has 0 saturated carbocycles. The first kappa shape index (κ1) is 15.4. The lowest BCUT2D eigenvalue weighted by molar-refractivity contribution is 0.104. The highest BCUT2D eigenvalue weighted by molar-refractivity contribution is 5.36. The minimum Gasteiger partial charge on any atom is -0.491 e. The minimum atomic E-state index is -0.628. The van der Waals surface area contributed by atoms with Crippen molar-refractivity contribution in [2.75, 3.05) is 26.3 Å². The molecule has 0 aliphatic heterocycles. The maximum atomic E-state index is 9.71. The first-order chi connectivity index (χ1) is 9.15. The van der Waals surface area contributed by atoms with Gasteiger partial charge in [0.1, 0.15) is 18.5 Å². The largest absolute Gasteiger partial charge is 0.491 e. The molecule has 0 amide bonds. The average Bonchev–Trinajstić information content (AvgIpc) is 2.45. The number of hydrogen-bond donors (Lipinski definition) is 3. The molecular weight excluding hydrogens is 244 g/mol. The summed E-state index contributed by atoms with van der Waals surface area (Å²) < 4.78 is 5.40. The number of nitrogens with zero attached hydrogens (tertiary/aromatic N) is 1. The van der Waals surface area contributed by atoms with Gasteiger partial charge in [-0.1, -0.05) is 13.0 Å². The zero-order chi connectivity index (χ0) is 14.1. The molecule has 1 rings (SSSR count). The monoisotopic (exact) mass is 264 g/mol. The Hall–Kier alpha value is -1.61. The summed E-state index contributed by atoms with van der Waals surface area (Å²) in [7, 11) is 0. The van der Waals surface area contributed by atoms with Gasteiger partial charge in [0.05, 0.1) is 11.6 Å². The molecule has 2 atom stereocenters. The molecule has 0 aromatic heterocycles. The van der Waals surface area contributed by atoms with Gasteiger partial charge in [0.25, 0.3) is 0 Å². The second kappa shape index (κ2) is 8.48. The predicted molar refractivity (Wildman–Crippen MR) is 71.8 cm³/mol. The molecule has 1 aromatic rings. The van der Waals surface area contributed by atoms with E-state index in [0.29, 0.717) is 24.4 Å². The van der Waals surface area contributed by atoms with Gasteiger partial charge in [0.15, 0.2) is 0 Å². The van der Waals surface area contributed by atoms with E-state index in [1.165, 1.54) is 0 Å². The Bertz CT molecular complexity index is 417. The van der Waals surface area contributed by atoms with E-state index < -0.39 is 6.10 Å². The van der Waals surface area contributed by atoms with Crippen molar-refractivity contribution < 1.29 is 14.9 Å². The third-order valence-electron chi connectivity index (χ3n) is 2.59. The van der Waals surface area contributed by atoms with Gasteiger partial charge in [-0.05, 0) is 30.7 Å². The summed E-state index contributed by atoms with van der Waals surface area (Å²) in [6.45, 7) is 3.26. The number of aliphatic hydroxyl groups is 2. The van der Waals surface area contributed by atoms with E-state index in [1.54, 1.807) is 24.3 Å². The van der Waals surface area contributed by atoms with Crippen molar-refractivity contribution in [3.63, 3.8) is 0 Å². The molecule has 0 aliphatic carbocycles. The van der Waals surface area contributed by atoms with Crippen molar-refractivity contribution in [1.82, 2.24) is 5.32 Å². The van der Waals surface area contributed by atoms with Crippen LogP contribution in [0.5, 0.6) is 5.75 Å². The molecule has 0 fully saturated rings. The van der Waals surface area contributed by atoms with Crippen LogP contribution in [0.4, 0.5) is 0 Å². The lowest BCUT2D eigenvalue weighted by atomic mass is 10.2. The van der Waals surface area contributed by atoms with Crippen molar-refractivity contribution in [3.05, 3.63) is 29.8 Å². The summed E-state index contributed by atoms with van der Waals surface area (Å²) in [5, 5.41) is 30.4. The topological polar surface area (TPSA) is 85.5 Å². The molecule has 0 spiro atoms. The molecule has 3 N–H and O–H groups in total. The van der Waals surface area contributed by atoms with Crippen LogP contribution in [0.2, 0.25) is 0 Å². The molecule has 0 radical (unpaired) electrons.